The number of hydroxylamine groups is 2. The van der Waals surface area contributed by atoms with Crippen LogP contribution in [0.3, 0.4) is 0 Å². The van der Waals surface area contributed by atoms with Crippen molar-refractivity contribution in [3.63, 3.8) is 0 Å². The summed E-state index contributed by atoms with van der Waals surface area (Å²) in [6.07, 6.45) is 38.1. The van der Waals surface area contributed by atoms with Crippen molar-refractivity contribution < 1.29 is 72.7 Å². The largest absolute Gasteiger partial charge is 1.00 e. The minimum Gasteiger partial charge on any atom is -1.00 e. The summed E-state index contributed by atoms with van der Waals surface area (Å²) in [7, 11) is 0. The first-order valence-corrected chi connectivity index (χ1v) is 46.4. The molecule has 7 aliphatic heterocycles. The molecule has 4 aromatic rings. The molecule has 7 heterocycles. The molecular formula is C104H141Cl2N9O8. The van der Waals surface area contributed by atoms with Crippen molar-refractivity contribution in [3.8, 4) is 0 Å². The van der Waals surface area contributed by atoms with Gasteiger partial charge in [-0.15, -0.1) is 5.06 Å². The Kier molecular flexibility index (Phi) is 34.1. The predicted octanol–water partition coefficient (Wildman–Crippen LogP) is 15.2. The maximum Gasteiger partial charge on any atom is 0.333 e. The van der Waals surface area contributed by atoms with Gasteiger partial charge in [-0.2, -0.15) is 9.15 Å². The number of benzene rings is 4. The number of carbonyl (C=O) groups is 6. The number of carboxylic acids is 1. The number of nitrogens with zero attached hydrogens (tertiary/aromatic N) is 9. The second kappa shape index (κ2) is 43.4. The van der Waals surface area contributed by atoms with Crippen molar-refractivity contribution in [2.45, 2.75) is 298 Å². The van der Waals surface area contributed by atoms with Crippen LogP contribution in [0, 0.1) is 0 Å². The second-order valence-electron chi connectivity index (χ2n) is 37.3. The van der Waals surface area contributed by atoms with E-state index in [0.717, 1.165) is 152 Å². The molecule has 9 aliphatic rings. The molecule has 0 bridgehead atoms. The monoisotopic (exact) mass is 1710 g/mol. The molecule has 2 aliphatic carbocycles. The van der Waals surface area contributed by atoms with Crippen molar-refractivity contribution in [2.75, 3.05) is 75.2 Å². The fourth-order valence-corrected chi connectivity index (χ4v) is 20.7. The molecule has 123 heavy (non-hydrogen) atoms. The van der Waals surface area contributed by atoms with Gasteiger partial charge in [0.2, 0.25) is 23.2 Å². The summed E-state index contributed by atoms with van der Waals surface area (Å²) < 4.78 is 4.97. The van der Waals surface area contributed by atoms with Crippen LogP contribution in [0.25, 0.3) is 0 Å². The van der Waals surface area contributed by atoms with Crippen LogP contribution in [-0.2, 0) is 55.3 Å². The highest BCUT2D eigenvalue weighted by Crippen LogP contribution is 2.51. The number of hydrogen-bond donors (Lipinski definition) is 1. The van der Waals surface area contributed by atoms with Gasteiger partial charge in [0, 0.05) is 183 Å². The van der Waals surface area contributed by atoms with Gasteiger partial charge in [-0.3, -0.25) is 24.0 Å². The van der Waals surface area contributed by atoms with E-state index < -0.39 is 23.8 Å². The molecule has 0 spiro atoms. The van der Waals surface area contributed by atoms with Crippen molar-refractivity contribution in [3.05, 3.63) is 213 Å². The Labute approximate surface area is 748 Å². The second-order valence-corrected chi connectivity index (χ2v) is 37.3. The average Bonchev–Trinajstić information content (AvgIpc) is 1.61. The average molecular weight is 1720 g/mol. The van der Waals surface area contributed by atoms with Gasteiger partial charge in [-0.1, -0.05) is 165 Å². The van der Waals surface area contributed by atoms with Gasteiger partial charge in [0.1, 0.15) is 13.1 Å². The lowest BCUT2D eigenvalue weighted by molar-refractivity contribution is -0.437. The van der Waals surface area contributed by atoms with Gasteiger partial charge in [0.05, 0.1) is 10.8 Å². The molecule has 0 radical (unpaired) electrons. The number of imide groups is 1. The van der Waals surface area contributed by atoms with Crippen LogP contribution in [0.2, 0.25) is 0 Å². The number of halogens is 2. The summed E-state index contributed by atoms with van der Waals surface area (Å²) in [5, 5.41) is 10.1. The first-order chi connectivity index (χ1) is 58.2. The van der Waals surface area contributed by atoms with Gasteiger partial charge in [-0.25, -0.2) is 4.79 Å². The number of carbonyl (C=O) groups excluding carboxylic acids is 5. The van der Waals surface area contributed by atoms with E-state index in [0.29, 0.717) is 36.7 Å². The SMILES string of the molecule is CCCN1C(=CC=C2CCCC(C=CC3=[N+](CCC)c4ccccc4C3(C)C)=C2N(CCCN2CCCCC2C)C(=O)CCCC(=O)O)C(C)(C)c2ccccc21.CCCN1C(=CC=C2CCCC(C=CC3=[N+](CCC)c4ccccc4C3(C)C)=C2N(CCCN2CCCCC2C)C(=O)CCCC(=O)ON2C(=O)CCC2=O)C(C)(C)c2ccccc21.[Cl-].[Cl-]. The smallest absolute Gasteiger partial charge is 0.333 e. The summed E-state index contributed by atoms with van der Waals surface area (Å²) in [6, 6.07) is 36.2. The molecule has 1 N–H and O–H groups in total. The molecule has 2 unspecified atom stereocenters. The van der Waals surface area contributed by atoms with Crippen LogP contribution in [0.1, 0.15) is 286 Å². The molecule has 13 rings (SSSR count). The Bertz CT molecular complexity index is 4800. The summed E-state index contributed by atoms with van der Waals surface area (Å²) in [5.41, 5.74) is 21.5. The minimum atomic E-state index is -0.855. The number of hydrogen-bond acceptors (Lipinski definition) is 11. The third-order valence-electron chi connectivity index (χ3n) is 27.2. The maximum atomic E-state index is 14.9. The van der Waals surface area contributed by atoms with E-state index in [2.05, 4.69) is 276 Å². The van der Waals surface area contributed by atoms with Crippen molar-refractivity contribution >= 4 is 69.7 Å². The van der Waals surface area contributed by atoms with Gasteiger partial charge in [0.15, 0.2) is 11.4 Å². The molecule has 19 heteroatoms. The highest BCUT2D eigenvalue weighted by Gasteiger charge is 2.47. The molecule has 4 aromatic carbocycles. The van der Waals surface area contributed by atoms with Gasteiger partial charge >= 0.3 is 11.9 Å². The van der Waals surface area contributed by atoms with Crippen molar-refractivity contribution in [1.82, 2.24) is 24.7 Å². The lowest BCUT2D eigenvalue weighted by Crippen LogP contribution is -3.00. The van der Waals surface area contributed by atoms with E-state index in [4.69, 9.17) is 4.84 Å². The number of para-hydroxylation sites is 4. The third kappa shape index (κ3) is 21.7. The summed E-state index contributed by atoms with van der Waals surface area (Å²) in [6.45, 7) is 41.1. The fourth-order valence-electron chi connectivity index (χ4n) is 20.7. The number of rotatable bonds is 33. The van der Waals surface area contributed by atoms with E-state index in [1.807, 2.05) is 4.90 Å². The number of likely N-dealkylation sites (tertiary alicyclic amines) is 2. The Balaban J connectivity index is 0.000000255. The van der Waals surface area contributed by atoms with Gasteiger partial charge in [0.25, 0.3) is 11.8 Å². The molecule has 17 nitrogen and oxygen atoms in total. The van der Waals surface area contributed by atoms with Crippen LogP contribution in [0.15, 0.2) is 191 Å². The lowest BCUT2D eigenvalue weighted by atomic mass is 9.81. The molecular weight excluding hydrogens is 1570 g/mol. The van der Waals surface area contributed by atoms with Crippen LogP contribution in [0.5, 0.6) is 0 Å². The van der Waals surface area contributed by atoms with Crippen LogP contribution in [0.4, 0.5) is 22.7 Å². The standard InChI is InChI=1S/C54H72N5O5.C50H68N4O3.2ClH/c1-8-34-56-44-24-12-10-22-42(44)53(4,5)46(56)30-28-40-20-16-21-41(29-31-47-54(6,7)43-23-11-13-25-45(43)57(47)35-9-2)52(40)58(38-18-37-55-36-15-14-19-39(55)3)48(60)26-17-27-51(63)64-59-49(61)32-33-50(59)62;1-8-32-52-42-24-12-10-22-40(42)49(4,5)44(52)30-28-38-20-16-21-39(29-31-45-50(6,7)41-23-11-13-25-43(41)53(45)33-9-2)48(38)54(46(55)26-17-27-47(56)57)36-18-35-51-34-15-14-19-37(51)3;;/h10-13,22-25,28-31,39H,8-9,14-21,26-27,32-38H2,1-7H3;10-13,22-25,28-31,37H,8-9,14-21,26-27,32-36H2,1-7H3;2*1H/q+1;;;/p-1. The first-order valence-electron chi connectivity index (χ1n) is 46.4. The number of aliphatic carboxylic acids is 1. The van der Waals surface area contributed by atoms with Crippen molar-refractivity contribution in [2.24, 2.45) is 0 Å². The predicted molar refractivity (Wildman–Crippen MR) is 491 cm³/mol. The van der Waals surface area contributed by atoms with E-state index in [-0.39, 0.29) is 103 Å². The first kappa shape index (κ1) is 96.5. The van der Waals surface area contributed by atoms with Crippen molar-refractivity contribution in [1.29, 1.82) is 0 Å². The molecule has 0 saturated carbocycles. The number of carboxylic acid groups (broad SMARTS) is 1. The minimum absolute atomic E-state index is 0. The zero-order valence-electron chi connectivity index (χ0n) is 76.6. The molecule has 3 fully saturated rings. The van der Waals surface area contributed by atoms with E-state index in [1.54, 1.807) is 0 Å². The zero-order chi connectivity index (χ0) is 86.3. The van der Waals surface area contributed by atoms with Gasteiger partial charge < -0.3 is 64.2 Å². The number of piperidine rings is 2. The Morgan fingerprint density at radius 3 is 1.25 bits per heavy atom. The summed E-state index contributed by atoms with van der Waals surface area (Å²) in [4.78, 5) is 97.8. The Hall–Kier alpha value is -8.74. The summed E-state index contributed by atoms with van der Waals surface area (Å²) >= 11 is 0. The molecule has 4 amide bonds. The summed E-state index contributed by atoms with van der Waals surface area (Å²) in [5.74, 6) is -2.56. The van der Waals surface area contributed by atoms with E-state index in [1.165, 1.54) is 117 Å². The third-order valence-corrected chi connectivity index (χ3v) is 27.2. The quantitative estimate of drug-likeness (QED) is 0.0356. The number of anilines is 2. The van der Waals surface area contributed by atoms with Crippen LogP contribution >= 0.6 is 0 Å². The normalized spacial score (nSPS) is 21.6. The number of fused-ring (bicyclic) bond motifs is 4. The fraction of sp³-hybridized carbons (Fsp3) is 0.538. The molecule has 3 saturated heterocycles. The van der Waals surface area contributed by atoms with E-state index in [9.17, 15) is 33.9 Å². The molecule has 2 atom stereocenters. The van der Waals surface area contributed by atoms with E-state index >= 15 is 0 Å². The van der Waals surface area contributed by atoms with Crippen LogP contribution < -0.4 is 34.6 Å². The number of amides is 4. The topological polar surface area (TPSA) is 161 Å². The maximum absolute atomic E-state index is 14.9. The number of allylic oxidation sites excluding steroid dienone is 14. The van der Waals surface area contributed by atoms with Crippen LogP contribution in [-0.4, -0.2) is 163 Å². The Morgan fingerprint density at radius 2 is 0.854 bits per heavy atom. The highest BCUT2D eigenvalue weighted by molar-refractivity contribution is 6.04. The molecule has 0 aromatic heterocycles. The zero-order valence-corrected chi connectivity index (χ0v) is 78.1. The Morgan fingerprint density at radius 1 is 0.455 bits per heavy atom. The molecule has 664 valence electrons. The highest BCUT2D eigenvalue weighted by atomic mass is 35.5. The van der Waals surface area contributed by atoms with Gasteiger partial charge in [-0.05, 0) is 215 Å². The lowest BCUT2D eigenvalue weighted by Gasteiger charge is -2.35.